The van der Waals surface area contributed by atoms with Crippen LogP contribution in [0.15, 0.2) is 160 Å². The fourth-order valence-electron chi connectivity index (χ4n) is 4.97. The molecule has 6 aromatic heterocycles. The van der Waals surface area contributed by atoms with Crippen molar-refractivity contribution in [3.63, 3.8) is 0 Å². The summed E-state index contributed by atoms with van der Waals surface area (Å²) in [4.78, 5) is 40.5. The molecule has 2 aromatic carbocycles. The fraction of sp³-hybridized carbons (Fsp3) is 0.0455. The predicted octanol–water partition coefficient (Wildman–Crippen LogP) is 8.37. The molecule has 8 rings (SSSR count). The SMILES string of the molecule is COc1ccc(/C=C/c2ccnc(-c3cc(/C=C/c4ccc(OC)cc4)ccn3)c2)cc1.[Ru].c1cc(-c2ccncn2)ncn1.c1cc(-c2ccncn2)ncn1. The Hall–Kier alpha value is -7.24. The third-order valence-electron chi connectivity index (χ3n) is 7.85. The van der Waals surface area contributed by atoms with Crippen LogP contribution in [0, 0.1) is 0 Å². The molecule has 12 nitrogen and oxygen atoms in total. The van der Waals surface area contributed by atoms with Crippen LogP contribution >= 0.6 is 0 Å². The van der Waals surface area contributed by atoms with E-state index in [0.29, 0.717) is 0 Å². The first-order chi connectivity index (χ1) is 27.7. The average molecular weight is 838 g/mol. The summed E-state index contributed by atoms with van der Waals surface area (Å²) in [5, 5.41) is 0. The van der Waals surface area contributed by atoms with E-state index < -0.39 is 0 Å². The van der Waals surface area contributed by atoms with Gasteiger partial charge in [0.05, 0.1) is 48.4 Å². The van der Waals surface area contributed by atoms with E-state index >= 15 is 0 Å². The Morgan fingerprint density at radius 1 is 0.333 bits per heavy atom. The van der Waals surface area contributed by atoms with Crippen LogP contribution in [-0.2, 0) is 19.5 Å². The molecule has 0 radical (unpaired) electrons. The number of hydrogen-bond donors (Lipinski definition) is 0. The topological polar surface area (TPSA) is 147 Å². The molecule has 0 atom stereocenters. The number of rotatable bonds is 9. The zero-order valence-electron chi connectivity index (χ0n) is 31.0. The third kappa shape index (κ3) is 12.9. The van der Waals surface area contributed by atoms with Crippen LogP contribution in [0.2, 0.25) is 0 Å². The largest absolute Gasteiger partial charge is 0.497 e. The summed E-state index contributed by atoms with van der Waals surface area (Å²) >= 11 is 0. The normalized spacial score (nSPS) is 10.4. The second-order valence-electron chi connectivity index (χ2n) is 11.5. The zero-order chi connectivity index (χ0) is 38.6. The Balaban J connectivity index is 0.000000201. The van der Waals surface area contributed by atoms with Crippen molar-refractivity contribution in [2.45, 2.75) is 0 Å². The Morgan fingerprint density at radius 3 is 0.930 bits per heavy atom. The molecule has 0 saturated carbocycles. The van der Waals surface area contributed by atoms with Gasteiger partial charge in [0, 0.05) is 56.7 Å². The van der Waals surface area contributed by atoms with Gasteiger partial charge >= 0.3 is 0 Å². The van der Waals surface area contributed by atoms with E-state index in [1.165, 1.54) is 25.3 Å². The predicted molar refractivity (Wildman–Crippen MR) is 217 cm³/mol. The first-order valence-electron chi connectivity index (χ1n) is 17.3. The molecule has 13 heteroatoms. The molecular formula is C44H36N10O2Ru. The van der Waals surface area contributed by atoms with Crippen LogP contribution in [0.5, 0.6) is 11.5 Å². The van der Waals surface area contributed by atoms with Gasteiger partial charge in [0.15, 0.2) is 0 Å². The maximum absolute atomic E-state index is 5.21. The second-order valence-corrected chi connectivity index (χ2v) is 11.5. The van der Waals surface area contributed by atoms with Gasteiger partial charge in [-0.3, -0.25) is 9.97 Å². The van der Waals surface area contributed by atoms with Crippen LogP contribution in [0.1, 0.15) is 22.3 Å². The van der Waals surface area contributed by atoms with E-state index in [0.717, 1.165) is 67.9 Å². The molecule has 0 aliphatic carbocycles. The average Bonchev–Trinajstić information content (AvgIpc) is 3.30. The Bertz CT molecular complexity index is 2180. The standard InChI is InChI=1S/C28H24N2O2.2C8H6N4.Ru/c1-31-25-11-7-21(8-12-25)3-5-23-15-17-29-27(19-23)28-20-24(16-18-30-28)6-4-22-9-13-26(32-2)14-10-22;2*1-3-9-5-11-7(1)8-2-4-10-6-12-8;/h3-20H,1-2H3;2*1-6H;/b5-3+,6-4+;;;. The molecule has 0 saturated heterocycles. The first-order valence-corrected chi connectivity index (χ1v) is 17.3. The summed E-state index contributed by atoms with van der Waals surface area (Å²) in [6, 6.07) is 31.2. The van der Waals surface area contributed by atoms with Gasteiger partial charge in [-0.2, -0.15) is 0 Å². The molecule has 0 bridgehead atoms. The van der Waals surface area contributed by atoms with Gasteiger partial charge in [-0.1, -0.05) is 48.6 Å². The van der Waals surface area contributed by atoms with Gasteiger partial charge in [-0.25, -0.2) is 39.9 Å². The van der Waals surface area contributed by atoms with Crippen molar-refractivity contribution in [1.82, 2.24) is 49.8 Å². The van der Waals surface area contributed by atoms with Crippen molar-refractivity contribution in [3.05, 3.63) is 182 Å². The molecular weight excluding hydrogens is 802 g/mol. The van der Waals surface area contributed by atoms with Crippen LogP contribution in [0.25, 0.3) is 58.5 Å². The van der Waals surface area contributed by atoms with Crippen molar-refractivity contribution >= 4 is 24.3 Å². The molecule has 0 aliphatic heterocycles. The van der Waals surface area contributed by atoms with Crippen LogP contribution < -0.4 is 9.47 Å². The molecule has 0 amide bonds. The summed E-state index contributed by atoms with van der Waals surface area (Å²) in [6.45, 7) is 0. The second kappa shape index (κ2) is 22.2. The number of hydrogen-bond acceptors (Lipinski definition) is 12. The van der Waals surface area contributed by atoms with E-state index in [1.54, 1.807) is 39.0 Å². The molecule has 0 N–H and O–H groups in total. The minimum absolute atomic E-state index is 0. The number of pyridine rings is 2. The molecule has 0 spiro atoms. The third-order valence-corrected chi connectivity index (χ3v) is 7.85. The van der Waals surface area contributed by atoms with Crippen molar-refractivity contribution in [2.24, 2.45) is 0 Å². The molecule has 0 fully saturated rings. The van der Waals surface area contributed by atoms with E-state index in [-0.39, 0.29) is 19.5 Å². The minimum Gasteiger partial charge on any atom is -0.497 e. The number of benzene rings is 2. The Morgan fingerprint density at radius 2 is 0.649 bits per heavy atom. The Kier molecular flexibility index (Phi) is 16.0. The van der Waals surface area contributed by atoms with Gasteiger partial charge in [-0.05, 0) is 95.1 Å². The van der Waals surface area contributed by atoms with E-state index in [4.69, 9.17) is 9.47 Å². The molecule has 57 heavy (non-hydrogen) atoms. The summed E-state index contributed by atoms with van der Waals surface area (Å²) in [6.07, 6.45) is 24.6. The van der Waals surface area contributed by atoms with Gasteiger partial charge < -0.3 is 9.47 Å². The van der Waals surface area contributed by atoms with Crippen molar-refractivity contribution in [1.29, 1.82) is 0 Å². The number of aromatic nitrogens is 10. The maximum atomic E-state index is 5.21. The number of ether oxygens (including phenoxy) is 2. The first kappa shape index (κ1) is 40.9. The van der Waals surface area contributed by atoms with Crippen molar-refractivity contribution < 1.29 is 29.0 Å². The molecule has 282 valence electrons. The summed E-state index contributed by atoms with van der Waals surface area (Å²) in [5.41, 5.74) is 9.25. The zero-order valence-corrected chi connectivity index (χ0v) is 32.7. The summed E-state index contributed by atoms with van der Waals surface area (Å²) in [5.74, 6) is 1.70. The van der Waals surface area contributed by atoms with Crippen molar-refractivity contribution in [3.8, 4) is 45.7 Å². The molecule has 0 aliphatic rings. The van der Waals surface area contributed by atoms with E-state index in [9.17, 15) is 0 Å². The maximum Gasteiger partial charge on any atom is 0.118 e. The van der Waals surface area contributed by atoms with E-state index in [1.807, 2.05) is 109 Å². The quantitative estimate of drug-likeness (QED) is 0.129. The van der Waals surface area contributed by atoms with E-state index in [2.05, 4.69) is 74.1 Å². The molecule has 6 heterocycles. The number of nitrogens with zero attached hydrogens (tertiary/aromatic N) is 10. The van der Waals surface area contributed by atoms with Crippen LogP contribution in [-0.4, -0.2) is 64.1 Å². The summed E-state index contributed by atoms with van der Waals surface area (Å²) < 4.78 is 10.4. The summed E-state index contributed by atoms with van der Waals surface area (Å²) in [7, 11) is 3.34. The Labute approximate surface area is 343 Å². The van der Waals surface area contributed by atoms with Crippen molar-refractivity contribution in [2.75, 3.05) is 14.2 Å². The van der Waals surface area contributed by atoms with Crippen LogP contribution in [0.4, 0.5) is 0 Å². The van der Waals surface area contributed by atoms with Gasteiger partial charge in [-0.15, -0.1) is 0 Å². The fourth-order valence-corrected chi connectivity index (χ4v) is 4.97. The molecule has 8 aromatic rings. The molecule has 0 unspecified atom stereocenters. The van der Waals surface area contributed by atoms with Gasteiger partial charge in [0.2, 0.25) is 0 Å². The smallest absolute Gasteiger partial charge is 0.118 e. The monoisotopic (exact) mass is 838 g/mol. The van der Waals surface area contributed by atoms with Gasteiger partial charge in [0.25, 0.3) is 0 Å². The van der Waals surface area contributed by atoms with Crippen LogP contribution in [0.3, 0.4) is 0 Å². The van der Waals surface area contributed by atoms with Gasteiger partial charge in [0.1, 0.15) is 36.8 Å². The number of methoxy groups -OCH3 is 2. The minimum atomic E-state index is 0.